The fraction of sp³-hybridized carbons (Fsp3) is 0.706. The zero-order chi connectivity index (χ0) is 17.3. The zero-order valence-electron chi connectivity index (χ0n) is 14.9. The van der Waals surface area contributed by atoms with E-state index in [1.165, 1.54) is 12.8 Å². The molecule has 0 bridgehead atoms. The minimum atomic E-state index is -0.251. The van der Waals surface area contributed by atoms with E-state index in [9.17, 15) is 0 Å². The largest absolute Gasteiger partial charge is 0.490 e. The monoisotopic (exact) mass is 346 g/mol. The van der Waals surface area contributed by atoms with E-state index in [0.29, 0.717) is 30.1 Å². The van der Waals surface area contributed by atoms with Crippen LogP contribution in [0.4, 0.5) is 11.6 Å². The summed E-state index contributed by atoms with van der Waals surface area (Å²) in [6.07, 6.45) is 5.02. The van der Waals surface area contributed by atoms with Gasteiger partial charge < -0.3 is 19.7 Å². The van der Waals surface area contributed by atoms with Crippen LogP contribution in [0.1, 0.15) is 26.2 Å². The van der Waals surface area contributed by atoms with Crippen LogP contribution in [0.15, 0.2) is 11.3 Å². The van der Waals surface area contributed by atoms with Gasteiger partial charge in [0.1, 0.15) is 11.9 Å². The maximum atomic E-state index is 6.22. The molecule has 2 N–H and O–H groups in total. The van der Waals surface area contributed by atoms with Crippen LogP contribution in [0.3, 0.4) is 0 Å². The molecule has 1 spiro atoms. The van der Waals surface area contributed by atoms with Crippen molar-refractivity contribution < 1.29 is 9.47 Å². The van der Waals surface area contributed by atoms with Gasteiger partial charge in [-0.25, -0.2) is 15.0 Å². The molecule has 3 aliphatic rings. The number of nitrogens with zero attached hydrogens (tertiary/aromatic N) is 4. The van der Waals surface area contributed by atoms with Gasteiger partial charge in [0.25, 0.3) is 6.02 Å². The van der Waals surface area contributed by atoms with Gasteiger partial charge in [0.2, 0.25) is 5.75 Å². The molecule has 2 fully saturated rings. The highest BCUT2D eigenvalue weighted by Gasteiger charge is 2.45. The number of aliphatic imine (C=N–C) groups is 1. The highest BCUT2D eigenvalue weighted by molar-refractivity contribution is 5.91. The number of anilines is 2. The third-order valence-corrected chi connectivity index (χ3v) is 5.49. The average molecular weight is 346 g/mol. The lowest BCUT2D eigenvalue weighted by Gasteiger charge is -2.38. The van der Waals surface area contributed by atoms with Crippen LogP contribution in [-0.2, 0) is 4.74 Å². The summed E-state index contributed by atoms with van der Waals surface area (Å²) in [5.41, 5.74) is -0.251. The molecule has 8 nitrogen and oxygen atoms in total. The van der Waals surface area contributed by atoms with Crippen LogP contribution >= 0.6 is 0 Å². The molecule has 4 heterocycles. The van der Waals surface area contributed by atoms with E-state index in [0.717, 1.165) is 38.4 Å². The molecule has 1 aromatic heterocycles. The second-order valence-corrected chi connectivity index (χ2v) is 7.05. The van der Waals surface area contributed by atoms with Gasteiger partial charge in [0, 0.05) is 25.6 Å². The molecule has 25 heavy (non-hydrogen) atoms. The van der Waals surface area contributed by atoms with E-state index in [4.69, 9.17) is 9.47 Å². The number of methoxy groups -OCH3 is 1. The Bertz CT molecular complexity index is 661. The molecule has 0 aliphatic carbocycles. The first-order valence-corrected chi connectivity index (χ1v) is 9.07. The number of rotatable bonds is 3. The first kappa shape index (κ1) is 16.4. The lowest BCUT2D eigenvalue weighted by molar-refractivity contribution is 0.0108. The second-order valence-electron chi connectivity index (χ2n) is 7.05. The number of hydrogen-bond acceptors (Lipinski definition) is 8. The Morgan fingerprint density at radius 1 is 1.36 bits per heavy atom. The fourth-order valence-corrected chi connectivity index (χ4v) is 3.83. The fourth-order valence-electron chi connectivity index (χ4n) is 3.83. The molecule has 0 aromatic carbocycles. The van der Waals surface area contributed by atoms with Crippen LogP contribution in [0.5, 0.6) is 5.75 Å². The van der Waals surface area contributed by atoms with Gasteiger partial charge in [0.05, 0.1) is 13.7 Å². The van der Waals surface area contributed by atoms with Gasteiger partial charge in [-0.1, -0.05) is 6.92 Å². The molecule has 3 aliphatic heterocycles. The molecule has 4 rings (SSSR count). The normalized spacial score (nSPS) is 28.8. The number of piperidine rings is 1. The zero-order valence-corrected chi connectivity index (χ0v) is 14.9. The van der Waals surface area contributed by atoms with Crippen LogP contribution in [-0.4, -0.2) is 61.4 Å². The number of ether oxygens (including phenoxy) is 2. The smallest absolute Gasteiger partial charge is 0.291 e. The van der Waals surface area contributed by atoms with Gasteiger partial charge >= 0.3 is 0 Å². The van der Waals surface area contributed by atoms with Gasteiger partial charge in [-0.15, -0.1) is 0 Å². The molecule has 1 aromatic rings. The van der Waals surface area contributed by atoms with Crippen molar-refractivity contribution in [3.05, 3.63) is 6.33 Å². The second kappa shape index (κ2) is 6.67. The van der Waals surface area contributed by atoms with Crippen molar-refractivity contribution in [2.24, 2.45) is 10.9 Å². The SMILES string of the molecule is COc1c(NC2=NCC3(CNCCC3C)O2)ncnc1N1CCCC1. The summed E-state index contributed by atoms with van der Waals surface area (Å²) in [5, 5.41) is 6.63. The third-order valence-electron chi connectivity index (χ3n) is 5.49. The number of hydrogen-bond donors (Lipinski definition) is 2. The summed E-state index contributed by atoms with van der Waals surface area (Å²) in [7, 11) is 1.65. The summed E-state index contributed by atoms with van der Waals surface area (Å²) in [4.78, 5) is 15.6. The Kier molecular flexibility index (Phi) is 4.37. The van der Waals surface area contributed by atoms with Crippen molar-refractivity contribution in [3.8, 4) is 5.75 Å². The quantitative estimate of drug-likeness (QED) is 0.852. The van der Waals surface area contributed by atoms with E-state index >= 15 is 0 Å². The van der Waals surface area contributed by atoms with E-state index < -0.39 is 0 Å². The molecule has 136 valence electrons. The molecule has 2 saturated heterocycles. The van der Waals surface area contributed by atoms with Gasteiger partial charge in [-0.2, -0.15) is 0 Å². The van der Waals surface area contributed by atoms with Crippen molar-refractivity contribution in [1.82, 2.24) is 15.3 Å². The van der Waals surface area contributed by atoms with Crippen molar-refractivity contribution in [2.75, 3.05) is 50.1 Å². The van der Waals surface area contributed by atoms with E-state index in [1.54, 1.807) is 13.4 Å². The topological polar surface area (TPSA) is 83.9 Å². The predicted molar refractivity (Wildman–Crippen MR) is 96.4 cm³/mol. The Morgan fingerprint density at radius 3 is 2.96 bits per heavy atom. The minimum absolute atomic E-state index is 0.251. The van der Waals surface area contributed by atoms with Crippen LogP contribution in [0.25, 0.3) is 0 Å². The lowest BCUT2D eigenvalue weighted by atomic mass is 9.83. The summed E-state index contributed by atoms with van der Waals surface area (Å²) < 4.78 is 11.8. The molecule has 2 unspecified atom stereocenters. The van der Waals surface area contributed by atoms with Crippen LogP contribution < -0.4 is 20.3 Å². The maximum absolute atomic E-state index is 6.22. The minimum Gasteiger partial charge on any atom is -0.490 e. The van der Waals surface area contributed by atoms with E-state index in [1.807, 2.05) is 0 Å². The number of aromatic nitrogens is 2. The lowest BCUT2D eigenvalue weighted by Crippen LogP contribution is -2.54. The Morgan fingerprint density at radius 2 is 2.20 bits per heavy atom. The molecular formula is C17H26N6O2. The Labute approximate surface area is 148 Å². The van der Waals surface area contributed by atoms with Gasteiger partial charge in [-0.3, -0.25) is 5.32 Å². The average Bonchev–Trinajstić information content (AvgIpc) is 3.29. The summed E-state index contributed by atoms with van der Waals surface area (Å²) >= 11 is 0. The van der Waals surface area contributed by atoms with Gasteiger partial charge in [0.15, 0.2) is 11.6 Å². The highest BCUT2D eigenvalue weighted by Crippen LogP contribution is 2.36. The first-order valence-electron chi connectivity index (χ1n) is 9.07. The summed E-state index contributed by atoms with van der Waals surface area (Å²) in [6.45, 7) is 6.75. The molecule has 0 radical (unpaired) electrons. The Hall–Kier alpha value is -2.09. The molecule has 0 saturated carbocycles. The highest BCUT2D eigenvalue weighted by atomic mass is 16.5. The molecular weight excluding hydrogens is 320 g/mol. The van der Waals surface area contributed by atoms with Gasteiger partial charge in [-0.05, 0) is 25.8 Å². The number of nitrogens with one attached hydrogen (secondary N) is 2. The molecule has 0 amide bonds. The molecule has 2 atom stereocenters. The maximum Gasteiger partial charge on any atom is 0.291 e. The van der Waals surface area contributed by atoms with Crippen LogP contribution in [0.2, 0.25) is 0 Å². The van der Waals surface area contributed by atoms with Crippen molar-refractivity contribution in [1.29, 1.82) is 0 Å². The van der Waals surface area contributed by atoms with Crippen molar-refractivity contribution >= 4 is 17.7 Å². The van der Waals surface area contributed by atoms with E-state index in [-0.39, 0.29) is 5.60 Å². The molecule has 8 heteroatoms. The Balaban J connectivity index is 1.52. The summed E-state index contributed by atoms with van der Waals surface area (Å²) in [5.74, 6) is 2.54. The van der Waals surface area contributed by atoms with E-state index in [2.05, 4.69) is 37.4 Å². The standard InChI is InChI=1S/C17H26N6O2/c1-12-5-6-18-9-17(12)10-19-16(25-17)22-14-13(24-2)15(21-11-20-14)23-7-3-4-8-23/h11-12,18H,3-10H2,1-2H3,(H,19,20,21,22). The summed E-state index contributed by atoms with van der Waals surface area (Å²) in [6, 6.07) is 0.514. The third kappa shape index (κ3) is 2.99. The van der Waals surface area contributed by atoms with Crippen LogP contribution in [0, 0.1) is 5.92 Å². The number of amidine groups is 1. The predicted octanol–water partition coefficient (Wildman–Crippen LogP) is 1.25. The van der Waals surface area contributed by atoms with Crippen molar-refractivity contribution in [3.63, 3.8) is 0 Å². The first-order chi connectivity index (χ1) is 12.2. The van der Waals surface area contributed by atoms with Crippen molar-refractivity contribution in [2.45, 2.75) is 31.8 Å².